The van der Waals surface area contributed by atoms with Gasteiger partial charge in [0, 0.05) is 20.8 Å². The van der Waals surface area contributed by atoms with Crippen LogP contribution < -0.4 is 10.1 Å². The number of sulfonamides is 1. The number of rotatable bonds is 7. The molecule has 0 saturated heterocycles. The Morgan fingerprint density at radius 1 is 1.17 bits per heavy atom. The maximum Gasteiger partial charge on any atom is 0.295 e. The van der Waals surface area contributed by atoms with Crippen molar-refractivity contribution in [3.63, 3.8) is 0 Å². The molecule has 0 atom stereocenters. The number of thiophene rings is 1. The molecule has 8 nitrogen and oxygen atoms in total. The zero-order valence-corrected chi connectivity index (χ0v) is 17.4. The monoisotopic (exact) mass is 450 g/mol. The van der Waals surface area contributed by atoms with Crippen molar-refractivity contribution in [3.8, 4) is 0 Å². The SMILES string of the molecule is Cc1ccc(/C=N/Nc2ccc(S(=O)(=O)Nc3cccc(Cl)c3)cc2[N+](=O)[O-])s1. The van der Waals surface area contributed by atoms with Crippen LogP contribution in [-0.4, -0.2) is 19.6 Å². The molecule has 1 aromatic heterocycles. The molecule has 1 heterocycles. The van der Waals surface area contributed by atoms with Gasteiger partial charge < -0.3 is 0 Å². The van der Waals surface area contributed by atoms with Gasteiger partial charge in [-0.3, -0.25) is 20.3 Å². The molecule has 0 spiro atoms. The quantitative estimate of drug-likeness (QED) is 0.303. The summed E-state index contributed by atoms with van der Waals surface area (Å²) in [5, 5.41) is 15.8. The topological polar surface area (TPSA) is 114 Å². The molecule has 0 amide bonds. The Kier molecular flexibility index (Phi) is 6.16. The Hall–Kier alpha value is -2.95. The van der Waals surface area contributed by atoms with Gasteiger partial charge >= 0.3 is 0 Å². The molecule has 0 bridgehead atoms. The average molecular weight is 451 g/mol. The van der Waals surface area contributed by atoms with E-state index in [9.17, 15) is 18.5 Å². The van der Waals surface area contributed by atoms with Crippen molar-refractivity contribution in [2.24, 2.45) is 5.10 Å². The smallest absolute Gasteiger partial charge is 0.280 e. The number of hydrazone groups is 1. The van der Waals surface area contributed by atoms with Crippen LogP contribution in [0.25, 0.3) is 0 Å². The summed E-state index contributed by atoms with van der Waals surface area (Å²) in [5.74, 6) is 0. The standard InChI is InChI=1S/C18H15ClN4O4S2/c1-12-5-6-15(28-12)11-20-21-17-8-7-16(10-18(17)23(24)25)29(26,27)22-14-4-2-3-13(19)9-14/h2-11,21-22H,1H3/b20-11+. The van der Waals surface area contributed by atoms with E-state index in [-0.39, 0.29) is 16.3 Å². The van der Waals surface area contributed by atoms with Crippen LogP contribution in [0, 0.1) is 17.0 Å². The van der Waals surface area contributed by atoms with E-state index in [0.29, 0.717) is 5.02 Å². The van der Waals surface area contributed by atoms with Crippen molar-refractivity contribution in [2.75, 3.05) is 10.1 Å². The van der Waals surface area contributed by atoms with Crippen LogP contribution >= 0.6 is 22.9 Å². The average Bonchev–Trinajstić information content (AvgIpc) is 3.06. The summed E-state index contributed by atoms with van der Waals surface area (Å²) < 4.78 is 27.5. The molecule has 2 N–H and O–H groups in total. The summed E-state index contributed by atoms with van der Waals surface area (Å²) in [6.45, 7) is 1.96. The van der Waals surface area contributed by atoms with Gasteiger partial charge in [0.15, 0.2) is 0 Å². The molecule has 0 fully saturated rings. The number of anilines is 2. The molecule has 0 radical (unpaired) electrons. The molecule has 0 unspecified atom stereocenters. The maximum absolute atomic E-state index is 12.6. The van der Waals surface area contributed by atoms with Gasteiger partial charge in [0.05, 0.1) is 21.7 Å². The first-order valence-corrected chi connectivity index (χ1v) is 10.8. The minimum Gasteiger partial charge on any atom is -0.280 e. The number of nitrogens with zero attached hydrogens (tertiary/aromatic N) is 2. The lowest BCUT2D eigenvalue weighted by molar-refractivity contribution is -0.384. The fraction of sp³-hybridized carbons (Fsp3) is 0.0556. The van der Waals surface area contributed by atoms with Gasteiger partial charge in [0.2, 0.25) is 0 Å². The molecule has 3 aromatic rings. The first-order valence-electron chi connectivity index (χ1n) is 8.17. The maximum atomic E-state index is 12.6. The van der Waals surface area contributed by atoms with Crippen LogP contribution in [0.15, 0.2) is 64.6 Å². The zero-order chi connectivity index (χ0) is 21.0. The van der Waals surface area contributed by atoms with E-state index in [1.165, 1.54) is 41.8 Å². The van der Waals surface area contributed by atoms with Crippen molar-refractivity contribution >= 4 is 56.2 Å². The van der Waals surface area contributed by atoms with Gasteiger partial charge in [-0.25, -0.2) is 8.42 Å². The number of halogens is 1. The van der Waals surface area contributed by atoms with Gasteiger partial charge in [-0.05, 0) is 49.4 Å². The van der Waals surface area contributed by atoms with Crippen LogP contribution in [0.2, 0.25) is 5.02 Å². The number of aryl methyl sites for hydroxylation is 1. The van der Waals surface area contributed by atoms with E-state index >= 15 is 0 Å². The molecule has 2 aromatic carbocycles. The lowest BCUT2D eigenvalue weighted by atomic mass is 10.3. The van der Waals surface area contributed by atoms with E-state index in [2.05, 4.69) is 15.2 Å². The minimum atomic E-state index is -4.04. The number of nitro benzene ring substituents is 1. The second-order valence-corrected chi connectivity index (χ2v) is 9.31. The van der Waals surface area contributed by atoms with Crippen LogP contribution in [0.3, 0.4) is 0 Å². The van der Waals surface area contributed by atoms with Crippen molar-refractivity contribution in [2.45, 2.75) is 11.8 Å². The van der Waals surface area contributed by atoms with Crippen molar-refractivity contribution < 1.29 is 13.3 Å². The van der Waals surface area contributed by atoms with Crippen molar-refractivity contribution in [3.05, 3.63) is 79.5 Å². The number of nitro groups is 1. The highest BCUT2D eigenvalue weighted by Gasteiger charge is 2.21. The van der Waals surface area contributed by atoms with Gasteiger partial charge in [0.25, 0.3) is 15.7 Å². The van der Waals surface area contributed by atoms with E-state index < -0.39 is 20.6 Å². The second-order valence-electron chi connectivity index (χ2n) is 5.87. The van der Waals surface area contributed by atoms with Crippen molar-refractivity contribution in [1.82, 2.24) is 0 Å². The van der Waals surface area contributed by atoms with Gasteiger partial charge in [-0.15, -0.1) is 11.3 Å². The molecule has 11 heteroatoms. The van der Waals surface area contributed by atoms with Gasteiger partial charge in [0.1, 0.15) is 5.69 Å². The largest absolute Gasteiger partial charge is 0.295 e. The third-order valence-corrected chi connectivity index (χ3v) is 6.24. The summed E-state index contributed by atoms with van der Waals surface area (Å²) >= 11 is 7.38. The molecule has 0 aliphatic heterocycles. The van der Waals surface area contributed by atoms with Crippen LogP contribution in [-0.2, 0) is 10.0 Å². The molecule has 3 rings (SSSR count). The molecular weight excluding hydrogens is 436 g/mol. The lowest BCUT2D eigenvalue weighted by Gasteiger charge is -2.09. The summed E-state index contributed by atoms with van der Waals surface area (Å²) in [6.07, 6.45) is 1.53. The van der Waals surface area contributed by atoms with Gasteiger partial charge in [-0.1, -0.05) is 17.7 Å². The summed E-state index contributed by atoms with van der Waals surface area (Å²) in [4.78, 5) is 12.5. The Balaban J connectivity index is 1.85. The number of benzene rings is 2. The first kappa shape index (κ1) is 20.8. The molecule has 0 aliphatic rings. The Morgan fingerprint density at radius 2 is 1.97 bits per heavy atom. The molecule has 29 heavy (non-hydrogen) atoms. The van der Waals surface area contributed by atoms with Crippen LogP contribution in [0.5, 0.6) is 0 Å². The Bertz CT molecular complexity index is 1190. The summed E-state index contributed by atoms with van der Waals surface area (Å²) in [6, 6.07) is 13.5. The summed E-state index contributed by atoms with van der Waals surface area (Å²) in [5.41, 5.74) is 2.49. The highest BCUT2D eigenvalue weighted by molar-refractivity contribution is 7.92. The lowest BCUT2D eigenvalue weighted by Crippen LogP contribution is -2.13. The fourth-order valence-electron chi connectivity index (χ4n) is 2.38. The van der Waals surface area contributed by atoms with E-state index in [4.69, 9.17) is 11.6 Å². The predicted octanol–water partition coefficient (Wildman–Crippen LogP) is 4.86. The third-order valence-electron chi connectivity index (χ3n) is 3.69. The number of hydrogen-bond donors (Lipinski definition) is 2. The predicted molar refractivity (Wildman–Crippen MR) is 116 cm³/mol. The number of nitrogens with one attached hydrogen (secondary N) is 2. The summed E-state index contributed by atoms with van der Waals surface area (Å²) in [7, 11) is -4.04. The number of hydrogen-bond acceptors (Lipinski definition) is 7. The Labute approximate surface area is 176 Å². The molecule has 150 valence electrons. The highest BCUT2D eigenvalue weighted by atomic mass is 35.5. The zero-order valence-electron chi connectivity index (χ0n) is 15.0. The third kappa shape index (κ3) is 5.31. The van der Waals surface area contributed by atoms with Gasteiger partial charge in [-0.2, -0.15) is 5.10 Å². The molecule has 0 saturated carbocycles. The Morgan fingerprint density at radius 3 is 2.62 bits per heavy atom. The fourth-order valence-corrected chi connectivity index (χ4v) is 4.39. The normalized spacial score (nSPS) is 11.5. The molecule has 0 aliphatic carbocycles. The van der Waals surface area contributed by atoms with E-state index in [0.717, 1.165) is 15.8 Å². The van der Waals surface area contributed by atoms with E-state index in [1.54, 1.807) is 12.1 Å². The minimum absolute atomic E-state index is 0.0706. The van der Waals surface area contributed by atoms with Crippen LogP contribution in [0.1, 0.15) is 9.75 Å². The second kappa shape index (κ2) is 8.60. The first-order chi connectivity index (χ1) is 13.7. The van der Waals surface area contributed by atoms with Crippen molar-refractivity contribution in [1.29, 1.82) is 0 Å². The highest BCUT2D eigenvalue weighted by Crippen LogP contribution is 2.29. The van der Waals surface area contributed by atoms with E-state index in [1.807, 2.05) is 19.1 Å². The molecular formula is C18H15ClN4O4S2. The van der Waals surface area contributed by atoms with Crippen LogP contribution in [0.4, 0.5) is 17.1 Å².